The van der Waals surface area contributed by atoms with Crippen LogP contribution in [-0.2, 0) is 16.2 Å². The van der Waals surface area contributed by atoms with Gasteiger partial charge in [-0.1, -0.05) is 128 Å². The van der Waals surface area contributed by atoms with Crippen molar-refractivity contribution >= 4 is 10.8 Å². The van der Waals surface area contributed by atoms with Gasteiger partial charge in [-0.2, -0.15) is 0 Å². The first-order valence-electron chi connectivity index (χ1n) is 10.8. The number of benzene rings is 3. The quantitative estimate of drug-likeness (QED) is 0.378. The van der Waals surface area contributed by atoms with E-state index in [9.17, 15) is 0 Å². The van der Waals surface area contributed by atoms with Crippen molar-refractivity contribution in [1.82, 2.24) is 0 Å². The Hall–Kier alpha value is -1.48. The first-order chi connectivity index (χ1) is 13.2. The fourth-order valence-electron chi connectivity index (χ4n) is 4.11. The van der Waals surface area contributed by atoms with Crippen molar-refractivity contribution in [2.24, 2.45) is 0 Å². The summed E-state index contributed by atoms with van der Waals surface area (Å²) in [6, 6.07) is 19.6. The molecule has 0 heterocycles. The molecule has 3 aromatic rings. The molecule has 30 heavy (non-hydrogen) atoms. The van der Waals surface area contributed by atoms with Gasteiger partial charge in [0.05, 0.1) is 0 Å². The zero-order chi connectivity index (χ0) is 21.8. The van der Waals surface area contributed by atoms with Crippen LogP contribution >= 0.6 is 0 Å². The molecule has 0 atom stereocenters. The van der Waals surface area contributed by atoms with Gasteiger partial charge < -0.3 is 0 Å². The topological polar surface area (TPSA) is 0 Å². The van der Waals surface area contributed by atoms with Crippen LogP contribution in [-0.4, -0.2) is 0 Å². The molecule has 0 fully saturated rings. The van der Waals surface area contributed by atoms with Crippen molar-refractivity contribution in [3.63, 3.8) is 0 Å². The van der Waals surface area contributed by atoms with Crippen LogP contribution in [0, 0.1) is 13.0 Å². The van der Waals surface area contributed by atoms with E-state index < -0.39 is 0 Å². The summed E-state index contributed by atoms with van der Waals surface area (Å²) in [5, 5.41) is 2.58. The van der Waals surface area contributed by atoms with Crippen LogP contribution in [0.1, 0.15) is 84.6 Å². The predicted octanol–water partition coefficient (Wildman–Crippen LogP) is 5.51. The minimum atomic E-state index is 0. The number of fused-ring (bicyclic) bond motifs is 1. The molecule has 0 nitrogen and oxygen atoms in total. The Labute approximate surface area is 196 Å². The SMILES string of the molecule is Cc1[c-]c(-c2c(C(C)(C)C)cc(C(C)(C)C)cc2C(C)(C)C)cc2ccccc12.[Li+]. The second kappa shape index (κ2) is 8.22. The smallest absolute Gasteiger partial charge is 0.142 e. The van der Waals surface area contributed by atoms with E-state index >= 15 is 0 Å². The maximum Gasteiger partial charge on any atom is 1.00 e. The van der Waals surface area contributed by atoms with E-state index in [1.807, 2.05) is 0 Å². The van der Waals surface area contributed by atoms with Crippen LogP contribution < -0.4 is 18.9 Å². The van der Waals surface area contributed by atoms with E-state index in [0.717, 1.165) is 0 Å². The summed E-state index contributed by atoms with van der Waals surface area (Å²) in [4.78, 5) is 0. The molecule has 0 aliphatic carbocycles. The summed E-state index contributed by atoms with van der Waals surface area (Å²) in [7, 11) is 0. The van der Waals surface area contributed by atoms with Crippen LogP contribution in [0.15, 0.2) is 42.5 Å². The molecule has 154 valence electrons. The van der Waals surface area contributed by atoms with E-state index in [2.05, 4.69) is 118 Å². The zero-order valence-corrected chi connectivity index (χ0v) is 21.0. The van der Waals surface area contributed by atoms with Gasteiger partial charge in [0.15, 0.2) is 0 Å². The molecular weight excluding hydrogens is 355 g/mol. The Bertz CT molecular complexity index is 1020. The Morgan fingerprint density at radius 1 is 0.667 bits per heavy atom. The summed E-state index contributed by atoms with van der Waals surface area (Å²) < 4.78 is 0. The minimum absolute atomic E-state index is 0. The van der Waals surface area contributed by atoms with E-state index in [4.69, 9.17) is 0 Å². The maximum absolute atomic E-state index is 3.75. The molecule has 0 saturated heterocycles. The number of aryl methyl sites for hydroxylation is 1. The van der Waals surface area contributed by atoms with Gasteiger partial charge in [0.1, 0.15) is 0 Å². The van der Waals surface area contributed by atoms with Crippen molar-refractivity contribution in [1.29, 1.82) is 0 Å². The summed E-state index contributed by atoms with van der Waals surface area (Å²) in [5.74, 6) is 0. The average Bonchev–Trinajstić information content (AvgIpc) is 2.58. The molecular formula is C29H37Li. The number of rotatable bonds is 1. The van der Waals surface area contributed by atoms with Crippen molar-refractivity contribution in [3.8, 4) is 11.1 Å². The second-order valence-electron chi connectivity index (χ2n) is 11.6. The first kappa shape index (κ1) is 24.8. The molecule has 3 aromatic carbocycles. The van der Waals surface area contributed by atoms with E-state index in [0.29, 0.717) is 0 Å². The van der Waals surface area contributed by atoms with E-state index in [1.165, 1.54) is 44.2 Å². The summed E-state index contributed by atoms with van der Waals surface area (Å²) >= 11 is 0. The molecule has 0 unspecified atom stereocenters. The van der Waals surface area contributed by atoms with Crippen LogP contribution in [0.2, 0.25) is 0 Å². The Kier molecular flexibility index (Phi) is 6.79. The third-order valence-electron chi connectivity index (χ3n) is 5.88. The molecule has 0 amide bonds. The zero-order valence-electron chi connectivity index (χ0n) is 21.0. The molecule has 0 bridgehead atoms. The van der Waals surface area contributed by atoms with E-state index in [1.54, 1.807) is 0 Å². The fourth-order valence-corrected chi connectivity index (χ4v) is 4.11. The third kappa shape index (κ3) is 4.87. The third-order valence-corrected chi connectivity index (χ3v) is 5.88. The standard InChI is InChI=1S/C29H37.Li/c1-19-15-21(16-20-13-11-12-14-23(19)20)26-24(28(5,6)7)17-22(27(2,3)4)18-25(26)29(8,9)10;/h11-14,16-18H,1-10H3;/q-1;+1. The first-order valence-corrected chi connectivity index (χ1v) is 10.8. The second-order valence-corrected chi connectivity index (χ2v) is 11.6. The van der Waals surface area contributed by atoms with Crippen LogP contribution in [0.4, 0.5) is 0 Å². The molecule has 0 aliphatic heterocycles. The summed E-state index contributed by atoms with van der Waals surface area (Å²) in [6.07, 6.45) is 0. The van der Waals surface area contributed by atoms with Gasteiger partial charge in [0, 0.05) is 0 Å². The number of hydrogen-bond acceptors (Lipinski definition) is 0. The molecule has 0 aromatic heterocycles. The molecule has 1 heteroatoms. The maximum atomic E-state index is 3.75. The number of hydrogen-bond donors (Lipinski definition) is 0. The van der Waals surface area contributed by atoms with Gasteiger partial charge >= 0.3 is 18.9 Å². The van der Waals surface area contributed by atoms with Gasteiger partial charge in [-0.05, 0) is 21.8 Å². The fraction of sp³-hybridized carbons (Fsp3) is 0.448. The Balaban J connectivity index is 0.00000320. The van der Waals surface area contributed by atoms with E-state index in [-0.39, 0.29) is 35.1 Å². The molecule has 0 spiro atoms. The summed E-state index contributed by atoms with van der Waals surface area (Å²) in [6.45, 7) is 23.1. The van der Waals surface area contributed by atoms with Crippen LogP contribution in [0.3, 0.4) is 0 Å². The van der Waals surface area contributed by atoms with Crippen LogP contribution in [0.25, 0.3) is 21.9 Å². The van der Waals surface area contributed by atoms with Gasteiger partial charge in [-0.3, -0.25) is 0 Å². The van der Waals surface area contributed by atoms with Gasteiger partial charge in [0.25, 0.3) is 0 Å². The molecule has 0 aliphatic rings. The largest absolute Gasteiger partial charge is 1.00 e. The Morgan fingerprint density at radius 2 is 1.17 bits per heavy atom. The van der Waals surface area contributed by atoms with Gasteiger partial charge in [-0.25, -0.2) is 0 Å². The van der Waals surface area contributed by atoms with Crippen LogP contribution in [0.5, 0.6) is 0 Å². The molecule has 0 radical (unpaired) electrons. The monoisotopic (exact) mass is 392 g/mol. The van der Waals surface area contributed by atoms with Gasteiger partial charge in [0.2, 0.25) is 0 Å². The van der Waals surface area contributed by atoms with Crippen molar-refractivity contribution in [2.45, 2.75) is 85.5 Å². The normalized spacial score (nSPS) is 12.7. The van der Waals surface area contributed by atoms with Crippen molar-refractivity contribution < 1.29 is 18.9 Å². The summed E-state index contributed by atoms with van der Waals surface area (Å²) in [5.41, 5.74) is 8.26. The molecule has 0 saturated carbocycles. The molecule has 0 N–H and O–H groups in total. The molecule has 3 rings (SSSR count). The predicted molar refractivity (Wildman–Crippen MR) is 129 cm³/mol. The Morgan fingerprint density at radius 3 is 1.63 bits per heavy atom. The van der Waals surface area contributed by atoms with Crippen molar-refractivity contribution in [3.05, 3.63) is 70.8 Å². The van der Waals surface area contributed by atoms with Gasteiger partial charge in [-0.15, -0.1) is 28.6 Å². The minimum Gasteiger partial charge on any atom is -0.142 e. The van der Waals surface area contributed by atoms with Crippen molar-refractivity contribution in [2.75, 3.05) is 0 Å². The average molecular weight is 393 g/mol.